The highest BCUT2D eigenvalue weighted by Gasteiger charge is 2.17. The van der Waals surface area contributed by atoms with Gasteiger partial charge in [-0.25, -0.2) is 0 Å². The number of tetrazole rings is 1. The molecule has 0 radical (unpaired) electrons. The van der Waals surface area contributed by atoms with E-state index in [0.717, 1.165) is 5.56 Å². The number of rotatable bonds is 4. The van der Waals surface area contributed by atoms with Crippen LogP contribution in [0.5, 0.6) is 0 Å². The van der Waals surface area contributed by atoms with Gasteiger partial charge in [-0.05, 0) is 23.3 Å². The van der Waals surface area contributed by atoms with Crippen molar-refractivity contribution in [1.29, 1.82) is 0 Å². The first kappa shape index (κ1) is 13.2. The number of aromatic nitrogens is 4. The van der Waals surface area contributed by atoms with E-state index in [1.807, 2.05) is 26.0 Å². The maximum atomic E-state index is 11.9. The Kier molecular flexibility index (Phi) is 3.86. The van der Waals surface area contributed by atoms with Crippen molar-refractivity contribution in [3.63, 3.8) is 0 Å². The van der Waals surface area contributed by atoms with Crippen molar-refractivity contribution in [1.82, 2.24) is 20.6 Å². The van der Waals surface area contributed by atoms with Gasteiger partial charge in [0, 0.05) is 11.3 Å². The molecule has 1 heterocycles. The lowest BCUT2D eigenvalue weighted by Crippen LogP contribution is -2.39. The molecule has 0 unspecified atom stereocenters. The monoisotopic (exact) mass is 260 g/mol. The third-order valence-corrected chi connectivity index (χ3v) is 2.75. The van der Waals surface area contributed by atoms with Crippen molar-refractivity contribution >= 4 is 11.6 Å². The quantitative estimate of drug-likeness (QED) is 0.752. The molecule has 0 aliphatic carbocycles. The van der Waals surface area contributed by atoms with Crippen LogP contribution >= 0.6 is 0 Å². The number of nitrogens with two attached hydrogens (primary N) is 1. The first-order valence-corrected chi connectivity index (χ1v) is 5.98. The van der Waals surface area contributed by atoms with Crippen LogP contribution < -0.4 is 11.1 Å². The third-order valence-electron chi connectivity index (χ3n) is 2.75. The molecule has 100 valence electrons. The molecule has 7 heteroatoms. The van der Waals surface area contributed by atoms with Crippen molar-refractivity contribution in [2.45, 2.75) is 19.9 Å². The van der Waals surface area contributed by atoms with E-state index >= 15 is 0 Å². The van der Waals surface area contributed by atoms with Crippen LogP contribution in [0.15, 0.2) is 24.3 Å². The molecular weight excluding hydrogens is 244 g/mol. The van der Waals surface area contributed by atoms with Crippen molar-refractivity contribution in [3.8, 4) is 11.4 Å². The molecule has 1 aromatic carbocycles. The van der Waals surface area contributed by atoms with Crippen LogP contribution in [0.2, 0.25) is 0 Å². The highest BCUT2D eigenvalue weighted by Crippen LogP contribution is 2.18. The largest absolute Gasteiger partial charge is 0.325 e. The standard InChI is InChI=1S/C12H16N6O/c1-7(2)10(13)12(19)14-9-5-3-4-8(6-9)11-15-17-18-16-11/h3-7,10H,13H2,1-2H3,(H,14,19)(H,15,16,17,18)/t10-/m1/s1. The van der Waals surface area contributed by atoms with E-state index in [1.165, 1.54) is 0 Å². The number of hydrogen-bond acceptors (Lipinski definition) is 5. The lowest BCUT2D eigenvalue weighted by Gasteiger charge is -2.15. The Labute approximate surface area is 110 Å². The SMILES string of the molecule is CC(C)[C@@H](N)C(=O)Nc1cccc(-c2nn[nH]n2)c1. The summed E-state index contributed by atoms with van der Waals surface area (Å²) in [6, 6.07) is 6.67. The third kappa shape index (κ3) is 3.14. The molecule has 1 atom stereocenters. The lowest BCUT2D eigenvalue weighted by molar-refractivity contribution is -0.118. The molecule has 0 spiro atoms. The topological polar surface area (TPSA) is 110 Å². The highest BCUT2D eigenvalue weighted by atomic mass is 16.2. The van der Waals surface area contributed by atoms with Gasteiger partial charge in [-0.3, -0.25) is 4.79 Å². The molecule has 0 fully saturated rings. The minimum absolute atomic E-state index is 0.0837. The first-order valence-electron chi connectivity index (χ1n) is 5.98. The fraction of sp³-hybridized carbons (Fsp3) is 0.333. The van der Waals surface area contributed by atoms with Crippen LogP contribution in [0.4, 0.5) is 5.69 Å². The molecule has 2 aromatic rings. The van der Waals surface area contributed by atoms with Crippen molar-refractivity contribution in [2.24, 2.45) is 11.7 Å². The van der Waals surface area contributed by atoms with Gasteiger partial charge < -0.3 is 11.1 Å². The number of anilines is 1. The van der Waals surface area contributed by atoms with Crippen LogP contribution in [-0.2, 0) is 4.79 Å². The van der Waals surface area contributed by atoms with Crippen LogP contribution in [0, 0.1) is 5.92 Å². The molecule has 0 bridgehead atoms. The number of nitrogens with one attached hydrogen (secondary N) is 2. The van der Waals surface area contributed by atoms with Crippen LogP contribution in [0.1, 0.15) is 13.8 Å². The average Bonchev–Trinajstić information content (AvgIpc) is 2.91. The summed E-state index contributed by atoms with van der Waals surface area (Å²) in [5, 5.41) is 16.4. The normalized spacial score (nSPS) is 12.4. The van der Waals surface area contributed by atoms with Gasteiger partial charge >= 0.3 is 0 Å². The predicted octanol–water partition coefficient (Wildman–Crippen LogP) is 0.788. The van der Waals surface area contributed by atoms with E-state index in [0.29, 0.717) is 11.5 Å². The summed E-state index contributed by atoms with van der Waals surface area (Å²) in [7, 11) is 0. The number of aromatic amines is 1. The van der Waals surface area contributed by atoms with Gasteiger partial charge in [0.25, 0.3) is 0 Å². The Morgan fingerprint density at radius 2 is 2.21 bits per heavy atom. The maximum Gasteiger partial charge on any atom is 0.241 e. The number of nitrogens with zero attached hydrogens (tertiary/aromatic N) is 3. The fourth-order valence-corrected chi connectivity index (χ4v) is 1.55. The second-order valence-electron chi connectivity index (χ2n) is 4.58. The van der Waals surface area contributed by atoms with E-state index in [1.54, 1.807) is 12.1 Å². The van der Waals surface area contributed by atoms with Crippen molar-refractivity contribution in [3.05, 3.63) is 24.3 Å². The van der Waals surface area contributed by atoms with E-state index in [4.69, 9.17) is 5.73 Å². The summed E-state index contributed by atoms with van der Waals surface area (Å²) in [6.45, 7) is 3.81. The molecule has 0 saturated carbocycles. The molecule has 0 saturated heterocycles. The van der Waals surface area contributed by atoms with Gasteiger partial charge in [-0.15, -0.1) is 10.2 Å². The number of carbonyl (C=O) groups excluding carboxylic acids is 1. The molecule has 4 N–H and O–H groups in total. The van der Waals surface area contributed by atoms with Crippen LogP contribution in [-0.4, -0.2) is 32.6 Å². The van der Waals surface area contributed by atoms with E-state index in [-0.39, 0.29) is 11.8 Å². The molecule has 1 aromatic heterocycles. The zero-order chi connectivity index (χ0) is 13.8. The van der Waals surface area contributed by atoms with E-state index in [9.17, 15) is 4.79 Å². The molecule has 19 heavy (non-hydrogen) atoms. The second kappa shape index (κ2) is 5.57. The van der Waals surface area contributed by atoms with Crippen LogP contribution in [0.25, 0.3) is 11.4 Å². The summed E-state index contributed by atoms with van der Waals surface area (Å²) in [6.07, 6.45) is 0. The molecule has 1 amide bonds. The molecular formula is C12H16N6O. The molecule has 2 rings (SSSR count). The first-order chi connectivity index (χ1) is 9.08. The average molecular weight is 260 g/mol. The van der Waals surface area contributed by atoms with Gasteiger partial charge in [-0.1, -0.05) is 26.0 Å². The van der Waals surface area contributed by atoms with E-state index < -0.39 is 6.04 Å². The van der Waals surface area contributed by atoms with E-state index in [2.05, 4.69) is 25.9 Å². The number of hydrogen-bond donors (Lipinski definition) is 3. The van der Waals surface area contributed by atoms with Crippen molar-refractivity contribution < 1.29 is 4.79 Å². The Balaban J connectivity index is 2.14. The molecule has 0 aliphatic rings. The Hall–Kier alpha value is -2.28. The summed E-state index contributed by atoms with van der Waals surface area (Å²) in [5.41, 5.74) is 7.21. The zero-order valence-corrected chi connectivity index (χ0v) is 10.8. The lowest BCUT2D eigenvalue weighted by atomic mass is 10.0. The van der Waals surface area contributed by atoms with Gasteiger partial charge in [0.05, 0.1) is 6.04 Å². The summed E-state index contributed by atoms with van der Waals surface area (Å²) in [4.78, 5) is 11.9. The number of H-pyrrole nitrogens is 1. The minimum Gasteiger partial charge on any atom is -0.325 e. The second-order valence-corrected chi connectivity index (χ2v) is 4.58. The Bertz CT molecular complexity index is 551. The minimum atomic E-state index is -0.533. The predicted molar refractivity (Wildman–Crippen MR) is 71.1 cm³/mol. The van der Waals surface area contributed by atoms with Gasteiger partial charge in [-0.2, -0.15) is 5.21 Å². The van der Waals surface area contributed by atoms with Crippen molar-refractivity contribution in [2.75, 3.05) is 5.32 Å². The smallest absolute Gasteiger partial charge is 0.241 e. The number of carbonyl (C=O) groups is 1. The number of benzene rings is 1. The summed E-state index contributed by atoms with van der Waals surface area (Å²) in [5.74, 6) is 0.352. The van der Waals surface area contributed by atoms with Crippen LogP contribution in [0.3, 0.4) is 0 Å². The molecule has 7 nitrogen and oxygen atoms in total. The van der Waals surface area contributed by atoms with Gasteiger partial charge in [0.1, 0.15) is 0 Å². The number of amides is 1. The van der Waals surface area contributed by atoms with Gasteiger partial charge in [0.2, 0.25) is 11.7 Å². The van der Waals surface area contributed by atoms with Gasteiger partial charge in [0.15, 0.2) is 0 Å². The highest BCUT2D eigenvalue weighted by molar-refractivity contribution is 5.95. The maximum absolute atomic E-state index is 11.9. The fourth-order valence-electron chi connectivity index (χ4n) is 1.55. The Morgan fingerprint density at radius 1 is 1.42 bits per heavy atom. The molecule has 0 aliphatic heterocycles. The zero-order valence-electron chi connectivity index (χ0n) is 10.8. The summed E-state index contributed by atoms with van der Waals surface area (Å²) < 4.78 is 0. The summed E-state index contributed by atoms with van der Waals surface area (Å²) >= 11 is 0. The Morgan fingerprint density at radius 3 is 2.84 bits per heavy atom.